The van der Waals surface area contributed by atoms with E-state index in [9.17, 15) is 14.9 Å². The van der Waals surface area contributed by atoms with Crippen LogP contribution in [0.25, 0.3) is 0 Å². The van der Waals surface area contributed by atoms with Crippen LogP contribution in [0.2, 0.25) is 0 Å². The molecule has 1 aliphatic heterocycles. The Morgan fingerprint density at radius 3 is 2.80 bits per heavy atom. The van der Waals surface area contributed by atoms with Crippen LogP contribution in [-0.4, -0.2) is 28.9 Å². The van der Waals surface area contributed by atoms with Gasteiger partial charge >= 0.3 is 0 Å². The lowest BCUT2D eigenvalue weighted by atomic mass is 10.0. The van der Waals surface area contributed by atoms with E-state index in [4.69, 9.17) is 5.73 Å². The van der Waals surface area contributed by atoms with Crippen LogP contribution < -0.4 is 11.1 Å². The fourth-order valence-electron chi connectivity index (χ4n) is 2.13. The fraction of sp³-hybridized carbons (Fsp3) is 0.462. The highest BCUT2D eigenvalue weighted by Crippen LogP contribution is 2.23. The summed E-state index contributed by atoms with van der Waals surface area (Å²) < 4.78 is 0. The van der Waals surface area contributed by atoms with E-state index < -0.39 is 4.92 Å². The van der Waals surface area contributed by atoms with Crippen LogP contribution in [0.4, 0.5) is 11.4 Å². The standard InChI is InChI=1S/C13H17N3O3S/c14-11-2-1-10(7-12(11)16(18)19)13(17)15-8-9-3-5-20-6-4-9/h1-2,7,9H,3-6,8,14H2,(H,15,17). The Morgan fingerprint density at radius 1 is 1.45 bits per heavy atom. The van der Waals surface area contributed by atoms with Crippen LogP contribution in [0.5, 0.6) is 0 Å². The second kappa shape index (κ2) is 6.60. The molecule has 1 saturated heterocycles. The second-order valence-corrected chi connectivity index (χ2v) is 6.02. The summed E-state index contributed by atoms with van der Waals surface area (Å²) in [5, 5.41) is 13.6. The minimum Gasteiger partial charge on any atom is -0.393 e. The Labute approximate surface area is 121 Å². The van der Waals surface area contributed by atoms with Gasteiger partial charge in [-0.25, -0.2) is 0 Å². The molecule has 0 aromatic heterocycles. The van der Waals surface area contributed by atoms with Crippen LogP contribution in [-0.2, 0) is 0 Å². The molecule has 108 valence electrons. The van der Waals surface area contributed by atoms with Crippen molar-refractivity contribution in [3.8, 4) is 0 Å². The van der Waals surface area contributed by atoms with Gasteiger partial charge in [0.2, 0.25) is 0 Å². The third-order valence-electron chi connectivity index (χ3n) is 3.38. The topological polar surface area (TPSA) is 98.3 Å². The number of amides is 1. The van der Waals surface area contributed by atoms with E-state index in [1.165, 1.54) is 18.2 Å². The van der Waals surface area contributed by atoms with Crippen molar-refractivity contribution in [3.63, 3.8) is 0 Å². The summed E-state index contributed by atoms with van der Waals surface area (Å²) in [7, 11) is 0. The lowest BCUT2D eigenvalue weighted by Gasteiger charge is -2.21. The maximum atomic E-state index is 12.0. The first kappa shape index (κ1) is 14.6. The van der Waals surface area contributed by atoms with E-state index in [0.717, 1.165) is 24.3 Å². The van der Waals surface area contributed by atoms with E-state index >= 15 is 0 Å². The molecule has 0 aliphatic carbocycles. The fourth-order valence-corrected chi connectivity index (χ4v) is 3.34. The molecule has 6 nitrogen and oxygen atoms in total. The normalized spacial score (nSPS) is 15.8. The molecule has 0 unspecified atom stereocenters. The molecule has 0 atom stereocenters. The van der Waals surface area contributed by atoms with E-state index in [2.05, 4.69) is 5.32 Å². The summed E-state index contributed by atoms with van der Waals surface area (Å²) in [4.78, 5) is 22.2. The summed E-state index contributed by atoms with van der Waals surface area (Å²) in [5.41, 5.74) is 5.62. The summed E-state index contributed by atoms with van der Waals surface area (Å²) in [6.45, 7) is 0.623. The molecular weight excluding hydrogens is 278 g/mol. The number of nitrogens with zero attached hydrogens (tertiary/aromatic N) is 1. The Kier molecular flexibility index (Phi) is 4.84. The maximum absolute atomic E-state index is 12.0. The highest BCUT2D eigenvalue weighted by atomic mass is 32.2. The maximum Gasteiger partial charge on any atom is 0.292 e. The summed E-state index contributed by atoms with van der Waals surface area (Å²) in [6, 6.07) is 4.13. The van der Waals surface area contributed by atoms with Crippen molar-refractivity contribution < 1.29 is 9.72 Å². The Balaban J connectivity index is 1.98. The number of nitrogen functional groups attached to an aromatic ring is 1. The highest BCUT2D eigenvalue weighted by molar-refractivity contribution is 7.99. The molecule has 20 heavy (non-hydrogen) atoms. The van der Waals surface area contributed by atoms with Crippen molar-refractivity contribution in [2.24, 2.45) is 5.92 Å². The Morgan fingerprint density at radius 2 is 2.15 bits per heavy atom. The van der Waals surface area contributed by atoms with Gasteiger partial charge in [-0.1, -0.05) is 0 Å². The molecule has 7 heteroatoms. The van der Waals surface area contributed by atoms with Gasteiger partial charge in [0.05, 0.1) is 4.92 Å². The number of carbonyl (C=O) groups is 1. The molecule has 0 saturated carbocycles. The van der Waals surface area contributed by atoms with Gasteiger partial charge in [-0.05, 0) is 42.4 Å². The van der Waals surface area contributed by atoms with Crippen molar-refractivity contribution >= 4 is 29.0 Å². The zero-order valence-electron chi connectivity index (χ0n) is 11.0. The molecule has 0 radical (unpaired) electrons. The SMILES string of the molecule is Nc1ccc(C(=O)NCC2CCSCC2)cc1[N+](=O)[O-]. The Bertz CT molecular complexity index is 516. The summed E-state index contributed by atoms with van der Waals surface area (Å²) >= 11 is 1.93. The lowest BCUT2D eigenvalue weighted by molar-refractivity contribution is -0.383. The number of hydrogen-bond acceptors (Lipinski definition) is 5. The average Bonchev–Trinajstić information content (AvgIpc) is 2.46. The van der Waals surface area contributed by atoms with Crippen LogP contribution in [0.3, 0.4) is 0 Å². The van der Waals surface area contributed by atoms with Gasteiger partial charge in [0.15, 0.2) is 0 Å². The van der Waals surface area contributed by atoms with Gasteiger partial charge < -0.3 is 11.1 Å². The van der Waals surface area contributed by atoms with E-state index in [-0.39, 0.29) is 22.8 Å². The van der Waals surface area contributed by atoms with Crippen molar-refractivity contribution in [2.75, 3.05) is 23.8 Å². The average molecular weight is 295 g/mol. The van der Waals surface area contributed by atoms with Gasteiger partial charge in [-0.15, -0.1) is 0 Å². The first-order valence-corrected chi connectivity index (χ1v) is 7.63. The van der Waals surface area contributed by atoms with Gasteiger partial charge in [-0.3, -0.25) is 14.9 Å². The van der Waals surface area contributed by atoms with Gasteiger partial charge in [-0.2, -0.15) is 11.8 Å². The number of benzene rings is 1. The first-order valence-electron chi connectivity index (χ1n) is 6.48. The Hall–Kier alpha value is -1.76. The first-order chi connectivity index (χ1) is 9.58. The van der Waals surface area contributed by atoms with Gasteiger partial charge in [0.25, 0.3) is 11.6 Å². The van der Waals surface area contributed by atoms with E-state index in [0.29, 0.717) is 12.5 Å². The number of nitro benzene ring substituents is 1. The number of nitro groups is 1. The van der Waals surface area contributed by atoms with Crippen LogP contribution in [0, 0.1) is 16.0 Å². The monoisotopic (exact) mass is 295 g/mol. The molecular formula is C13H17N3O3S. The van der Waals surface area contributed by atoms with Crippen molar-refractivity contribution in [3.05, 3.63) is 33.9 Å². The van der Waals surface area contributed by atoms with E-state index in [1.54, 1.807) is 0 Å². The molecule has 1 fully saturated rings. The van der Waals surface area contributed by atoms with Crippen molar-refractivity contribution in [2.45, 2.75) is 12.8 Å². The molecule has 1 aromatic rings. The molecule has 1 aliphatic rings. The third kappa shape index (κ3) is 3.63. The molecule has 2 rings (SSSR count). The second-order valence-electron chi connectivity index (χ2n) is 4.80. The van der Waals surface area contributed by atoms with Crippen molar-refractivity contribution in [1.82, 2.24) is 5.32 Å². The molecule has 0 spiro atoms. The number of nitrogens with two attached hydrogens (primary N) is 1. The summed E-state index contributed by atoms with van der Waals surface area (Å²) in [6.07, 6.45) is 2.21. The number of rotatable bonds is 4. The minimum absolute atomic E-state index is 0.0656. The highest BCUT2D eigenvalue weighted by Gasteiger charge is 2.18. The van der Waals surface area contributed by atoms with Crippen LogP contribution in [0.15, 0.2) is 18.2 Å². The molecule has 0 bridgehead atoms. The van der Waals surface area contributed by atoms with Crippen molar-refractivity contribution in [1.29, 1.82) is 0 Å². The van der Waals surface area contributed by atoms with Crippen LogP contribution >= 0.6 is 11.8 Å². The minimum atomic E-state index is -0.579. The number of carbonyl (C=O) groups excluding carboxylic acids is 1. The van der Waals surface area contributed by atoms with Crippen LogP contribution in [0.1, 0.15) is 23.2 Å². The number of anilines is 1. The molecule has 1 amide bonds. The predicted octanol–water partition coefficient (Wildman–Crippen LogP) is 2.05. The predicted molar refractivity (Wildman–Crippen MR) is 79.9 cm³/mol. The smallest absolute Gasteiger partial charge is 0.292 e. The summed E-state index contributed by atoms with van der Waals surface area (Å²) in [5.74, 6) is 2.48. The number of hydrogen-bond donors (Lipinski definition) is 2. The number of thioether (sulfide) groups is 1. The molecule has 1 heterocycles. The lowest BCUT2D eigenvalue weighted by Crippen LogP contribution is -2.31. The number of nitrogens with one attached hydrogen (secondary N) is 1. The molecule has 1 aromatic carbocycles. The largest absolute Gasteiger partial charge is 0.393 e. The zero-order valence-corrected chi connectivity index (χ0v) is 11.8. The van der Waals surface area contributed by atoms with E-state index in [1.807, 2.05) is 11.8 Å². The molecule has 3 N–H and O–H groups in total. The van der Waals surface area contributed by atoms with Gasteiger partial charge in [0.1, 0.15) is 5.69 Å². The third-order valence-corrected chi connectivity index (χ3v) is 4.43. The van der Waals surface area contributed by atoms with Gasteiger partial charge in [0, 0.05) is 18.2 Å². The zero-order chi connectivity index (χ0) is 14.5. The quantitative estimate of drug-likeness (QED) is 0.503.